The average molecular weight is 467 g/mol. The molecule has 0 aliphatic carbocycles. The van der Waals surface area contributed by atoms with Crippen LogP contribution in [0.2, 0.25) is 5.02 Å². The Morgan fingerprint density at radius 1 is 1.12 bits per heavy atom. The molecule has 2 heterocycles. The molecule has 2 aromatic heterocycles. The summed E-state index contributed by atoms with van der Waals surface area (Å²) in [5.74, 6) is 0.587. The summed E-state index contributed by atoms with van der Waals surface area (Å²) in [5.41, 5.74) is 1.70. The summed E-state index contributed by atoms with van der Waals surface area (Å²) >= 11 is 7.15. The van der Waals surface area contributed by atoms with Gasteiger partial charge >= 0.3 is 0 Å². The van der Waals surface area contributed by atoms with Crippen molar-refractivity contribution >= 4 is 40.3 Å². The molecule has 4 rings (SSSR count). The third-order valence-corrected chi connectivity index (χ3v) is 6.03. The Morgan fingerprint density at radius 3 is 2.50 bits per heavy atom. The van der Waals surface area contributed by atoms with Gasteiger partial charge in [-0.25, -0.2) is 9.97 Å². The number of nitrogens with zero attached hydrogens (tertiary/aromatic N) is 3. The van der Waals surface area contributed by atoms with E-state index in [9.17, 15) is 9.59 Å². The molecule has 2 aromatic carbocycles. The van der Waals surface area contributed by atoms with Crippen molar-refractivity contribution in [2.24, 2.45) is 7.05 Å². The van der Waals surface area contributed by atoms with Crippen LogP contribution in [0.4, 0.5) is 5.69 Å². The van der Waals surface area contributed by atoms with Gasteiger partial charge in [0.15, 0.2) is 5.82 Å². The molecule has 0 saturated carbocycles. The molecule has 1 N–H and O–H groups in total. The van der Waals surface area contributed by atoms with Gasteiger partial charge in [0.25, 0.3) is 5.91 Å². The van der Waals surface area contributed by atoms with Crippen LogP contribution < -0.4 is 10.1 Å². The highest BCUT2D eigenvalue weighted by Gasteiger charge is 2.17. The number of hydrogen-bond acceptors (Lipinski definition) is 6. The summed E-state index contributed by atoms with van der Waals surface area (Å²) in [4.78, 5) is 34.3. The Kier molecular flexibility index (Phi) is 6.34. The van der Waals surface area contributed by atoms with Crippen molar-refractivity contribution < 1.29 is 14.3 Å². The van der Waals surface area contributed by atoms with E-state index in [-0.39, 0.29) is 18.3 Å². The minimum absolute atomic E-state index is 0.181. The lowest BCUT2D eigenvalue weighted by atomic mass is 10.1. The lowest BCUT2D eigenvalue weighted by molar-refractivity contribution is 0.102. The van der Waals surface area contributed by atoms with Crippen LogP contribution in [0.1, 0.15) is 36.6 Å². The molecule has 0 unspecified atom stereocenters. The average Bonchev–Trinajstić information content (AvgIpc) is 3.38. The van der Waals surface area contributed by atoms with Gasteiger partial charge in [-0.1, -0.05) is 11.6 Å². The molecule has 0 bridgehead atoms. The summed E-state index contributed by atoms with van der Waals surface area (Å²) in [5, 5.41) is 4.18. The van der Waals surface area contributed by atoms with Gasteiger partial charge in [0.2, 0.25) is 5.78 Å². The maximum absolute atomic E-state index is 12.7. The van der Waals surface area contributed by atoms with E-state index in [0.29, 0.717) is 43.4 Å². The lowest BCUT2D eigenvalue weighted by Gasteiger charge is -2.06. The predicted molar refractivity (Wildman–Crippen MR) is 124 cm³/mol. The highest BCUT2D eigenvalue weighted by atomic mass is 35.5. The molecular weight excluding hydrogens is 448 g/mol. The molecule has 7 nitrogen and oxygen atoms in total. The van der Waals surface area contributed by atoms with E-state index in [1.54, 1.807) is 79.5 Å². The Labute approximate surface area is 193 Å². The first-order valence-electron chi connectivity index (χ1n) is 9.69. The van der Waals surface area contributed by atoms with Gasteiger partial charge < -0.3 is 14.6 Å². The van der Waals surface area contributed by atoms with E-state index in [1.165, 1.54) is 11.3 Å². The summed E-state index contributed by atoms with van der Waals surface area (Å²) < 4.78 is 7.37. The van der Waals surface area contributed by atoms with Crippen LogP contribution in [0.3, 0.4) is 0 Å². The van der Waals surface area contributed by atoms with Crippen molar-refractivity contribution in [2.75, 3.05) is 5.32 Å². The van der Waals surface area contributed by atoms with Crippen LogP contribution in [0, 0.1) is 6.92 Å². The van der Waals surface area contributed by atoms with Crippen LogP contribution in [0.15, 0.2) is 60.9 Å². The van der Waals surface area contributed by atoms with Crippen molar-refractivity contribution in [1.29, 1.82) is 0 Å². The second-order valence-corrected chi connectivity index (χ2v) is 8.51. The van der Waals surface area contributed by atoms with Crippen molar-refractivity contribution in [1.82, 2.24) is 14.5 Å². The number of amides is 1. The molecule has 162 valence electrons. The molecule has 9 heteroatoms. The first kappa shape index (κ1) is 21.7. The largest absolute Gasteiger partial charge is 0.486 e. The summed E-state index contributed by atoms with van der Waals surface area (Å²) in [6.07, 6.45) is 3.29. The van der Waals surface area contributed by atoms with Crippen LogP contribution >= 0.6 is 22.9 Å². The molecule has 32 heavy (non-hydrogen) atoms. The zero-order chi connectivity index (χ0) is 22.7. The van der Waals surface area contributed by atoms with Crippen LogP contribution in [-0.4, -0.2) is 26.2 Å². The number of imidazole rings is 1. The minimum atomic E-state index is -0.263. The Hall–Kier alpha value is -3.49. The van der Waals surface area contributed by atoms with Crippen LogP contribution in [-0.2, 0) is 13.7 Å². The third-order valence-electron chi connectivity index (χ3n) is 4.65. The Balaban J connectivity index is 1.40. The smallest absolute Gasteiger partial charge is 0.267 e. The number of aromatic nitrogens is 3. The topological polar surface area (TPSA) is 86.1 Å². The molecular formula is C23H19ClN4O3S. The molecule has 1 amide bonds. The number of benzene rings is 2. The van der Waals surface area contributed by atoms with Crippen LogP contribution in [0.5, 0.6) is 5.75 Å². The zero-order valence-corrected chi connectivity index (χ0v) is 18.9. The van der Waals surface area contributed by atoms with Crippen molar-refractivity contribution in [2.45, 2.75) is 13.5 Å². The zero-order valence-electron chi connectivity index (χ0n) is 17.3. The molecule has 0 radical (unpaired) electrons. The maximum atomic E-state index is 12.7. The summed E-state index contributed by atoms with van der Waals surface area (Å²) in [6, 6.07) is 13.8. The Morgan fingerprint density at radius 2 is 1.84 bits per heavy atom. The highest BCUT2D eigenvalue weighted by molar-refractivity contribution is 7.13. The number of ether oxygens (including phenoxy) is 1. The molecule has 0 atom stereocenters. The fourth-order valence-electron chi connectivity index (χ4n) is 3.01. The fourth-order valence-corrected chi connectivity index (χ4v) is 4.01. The molecule has 0 aliphatic heterocycles. The van der Waals surface area contributed by atoms with E-state index in [2.05, 4.69) is 15.3 Å². The number of rotatable bonds is 7. The van der Waals surface area contributed by atoms with Crippen molar-refractivity contribution in [3.8, 4) is 5.75 Å². The fraction of sp³-hybridized carbons (Fsp3) is 0.130. The van der Waals surface area contributed by atoms with Gasteiger partial charge in [-0.3, -0.25) is 9.59 Å². The standard InChI is InChI=1S/C23H19ClN4O3S/c1-14-21(32-19(26-14)13-31-18-9-5-16(24)6-10-18)23(30)27-17-7-3-15(4-8-17)20(29)22-25-11-12-28(22)2/h3-12H,13H2,1-2H3,(H,27,30). The van der Waals surface area contributed by atoms with E-state index in [0.717, 1.165) is 0 Å². The number of carbonyl (C=O) groups excluding carboxylic acids is 2. The normalized spacial score (nSPS) is 10.7. The van der Waals surface area contributed by atoms with Gasteiger partial charge in [0.1, 0.15) is 22.2 Å². The monoisotopic (exact) mass is 466 g/mol. The number of aryl methyl sites for hydroxylation is 2. The predicted octanol–water partition coefficient (Wildman–Crippen LogP) is 4.90. The van der Waals surface area contributed by atoms with Crippen molar-refractivity contribution in [3.05, 3.63) is 92.9 Å². The molecule has 0 spiro atoms. The number of carbonyl (C=O) groups is 2. The maximum Gasteiger partial charge on any atom is 0.267 e. The van der Waals surface area contributed by atoms with E-state index in [4.69, 9.17) is 16.3 Å². The first-order valence-corrected chi connectivity index (χ1v) is 10.9. The molecule has 0 fully saturated rings. The molecule has 4 aromatic rings. The first-order chi connectivity index (χ1) is 15.4. The van der Waals surface area contributed by atoms with Gasteiger partial charge in [-0.15, -0.1) is 11.3 Å². The third kappa shape index (κ3) is 4.87. The lowest BCUT2D eigenvalue weighted by Crippen LogP contribution is -2.12. The van der Waals surface area contributed by atoms with Crippen LogP contribution in [0.25, 0.3) is 0 Å². The number of anilines is 1. The Bertz CT molecular complexity index is 1260. The van der Waals surface area contributed by atoms with E-state index < -0.39 is 0 Å². The number of nitrogens with one attached hydrogen (secondary N) is 1. The number of ketones is 1. The summed E-state index contributed by atoms with van der Waals surface area (Å²) in [6.45, 7) is 2.04. The van der Waals surface area contributed by atoms with Gasteiger partial charge in [0.05, 0.1) is 5.69 Å². The second kappa shape index (κ2) is 9.33. The molecule has 0 aliphatic rings. The highest BCUT2D eigenvalue weighted by Crippen LogP contribution is 2.23. The van der Waals surface area contributed by atoms with E-state index in [1.807, 2.05) is 0 Å². The second-order valence-electron chi connectivity index (χ2n) is 6.99. The van der Waals surface area contributed by atoms with Gasteiger partial charge in [-0.2, -0.15) is 0 Å². The van der Waals surface area contributed by atoms with Crippen molar-refractivity contribution in [3.63, 3.8) is 0 Å². The van der Waals surface area contributed by atoms with Gasteiger partial charge in [-0.05, 0) is 55.5 Å². The van der Waals surface area contributed by atoms with E-state index >= 15 is 0 Å². The SMILES string of the molecule is Cc1nc(COc2ccc(Cl)cc2)sc1C(=O)Nc1ccc(C(=O)c2nccn2C)cc1. The quantitative estimate of drug-likeness (QED) is 0.391. The number of halogens is 1. The number of hydrogen-bond donors (Lipinski definition) is 1. The van der Waals surface area contributed by atoms with Gasteiger partial charge in [0, 0.05) is 35.7 Å². The minimum Gasteiger partial charge on any atom is -0.486 e. The number of thiazole rings is 1. The summed E-state index contributed by atoms with van der Waals surface area (Å²) in [7, 11) is 1.76. The molecule has 0 saturated heterocycles.